The zero-order chi connectivity index (χ0) is 16.9. The van der Waals surface area contributed by atoms with Crippen LogP contribution >= 0.6 is 0 Å². The lowest BCUT2D eigenvalue weighted by molar-refractivity contribution is 0.261. The molecule has 0 spiro atoms. The second kappa shape index (κ2) is 7.55. The van der Waals surface area contributed by atoms with Gasteiger partial charge in [0.1, 0.15) is 0 Å². The topological polar surface area (TPSA) is 57.6 Å². The number of aliphatic hydroxyl groups is 1. The van der Waals surface area contributed by atoms with E-state index >= 15 is 0 Å². The minimum Gasteiger partial charge on any atom is -0.395 e. The molecule has 4 nitrogen and oxygen atoms in total. The van der Waals surface area contributed by atoms with E-state index in [-0.39, 0.29) is 24.6 Å². The normalized spacial score (nSPS) is 11.6. The van der Waals surface area contributed by atoms with Crippen LogP contribution < -0.4 is 0 Å². The van der Waals surface area contributed by atoms with E-state index in [0.717, 1.165) is 11.1 Å². The summed E-state index contributed by atoms with van der Waals surface area (Å²) in [4.78, 5) is 0.220. The molecule has 0 aromatic heterocycles. The number of benzene rings is 2. The Morgan fingerprint density at radius 3 is 2.26 bits per heavy atom. The quantitative estimate of drug-likeness (QED) is 0.849. The Morgan fingerprint density at radius 2 is 1.70 bits per heavy atom. The van der Waals surface area contributed by atoms with Crippen molar-refractivity contribution in [2.45, 2.75) is 11.8 Å². The first kappa shape index (κ1) is 17.4. The molecule has 0 aliphatic carbocycles. The zero-order valence-corrected chi connectivity index (χ0v) is 14.0. The first-order chi connectivity index (χ1) is 10.9. The van der Waals surface area contributed by atoms with Crippen LogP contribution in [0, 0.1) is 6.92 Å². The molecule has 0 amide bonds. The van der Waals surface area contributed by atoms with E-state index in [1.54, 1.807) is 24.3 Å². The summed E-state index contributed by atoms with van der Waals surface area (Å²) in [6.07, 6.45) is 0. The molecular weight excluding hydrogens is 310 g/mol. The van der Waals surface area contributed by atoms with Crippen LogP contribution in [0.4, 0.5) is 0 Å². The van der Waals surface area contributed by atoms with E-state index in [1.807, 2.05) is 37.3 Å². The Bertz CT molecular complexity index is 753. The number of aliphatic hydroxyl groups excluding tert-OH is 1. The lowest BCUT2D eigenvalue weighted by Gasteiger charge is -2.22. The van der Waals surface area contributed by atoms with E-state index in [0.29, 0.717) is 5.57 Å². The number of sulfonamides is 1. The molecule has 0 saturated heterocycles. The maximum absolute atomic E-state index is 12.8. The third-order valence-electron chi connectivity index (χ3n) is 3.56. The molecule has 2 aromatic carbocycles. The van der Waals surface area contributed by atoms with E-state index < -0.39 is 10.0 Å². The highest BCUT2D eigenvalue weighted by Crippen LogP contribution is 2.20. The van der Waals surface area contributed by atoms with Gasteiger partial charge in [0.2, 0.25) is 10.0 Å². The average molecular weight is 331 g/mol. The Labute approximate surface area is 137 Å². The van der Waals surface area contributed by atoms with Crippen molar-refractivity contribution in [2.24, 2.45) is 0 Å². The molecular formula is C18H21NO3S. The molecule has 0 radical (unpaired) electrons. The summed E-state index contributed by atoms with van der Waals surface area (Å²) in [5, 5.41) is 9.24. The monoisotopic (exact) mass is 331 g/mol. The highest BCUT2D eigenvalue weighted by Gasteiger charge is 2.24. The van der Waals surface area contributed by atoms with Crippen molar-refractivity contribution < 1.29 is 13.5 Å². The molecule has 2 rings (SSSR count). The van der Waals surface area contributed by atoms with Crippen LogP contribution in [0.25, 0.3) is 5.57 Å². The van der Waals surface area contributed by atoms with Gasteiger partial charge in [-0.05, 0) is 30.2 Å². The van der Waals surface area contributed by atoms with Crippen LogP contribution in [0.3, 0.4) is 0 Å². The van der Waals surface area contributed by atoms with Gasteiger partial charge >= 0.3 is 0 Å². The molecule has 0 aliphatic heterocycles. The lowest BCUT2D eigenvalue weighted by atomic mass is 10.1. The van der Waals surface area contributed by atoms with Gasteiger partial charge in [-0.1, -0.05) is 54.6 Å². The number of hydrogen-bond donors (Lipinski definition) is 1. The second-order valence-electron chi connectivity index (χ2n) is 5.34. The van der Waals surface area contributed by atoms with Crippen LogP contribution in [-0.4, -0.2) is 37.5 Å². The third-order valence-corrected chi connectivity index (χ3v) is 5.42. The SMILES string of the molecule is C=C(CN(CCO)S(=O)(=O)c1ccc(C)cc1)c1ccccc1. The van der Waals surface area contributed by atoms with E-state index in [9.17, 15) is 13.5 Å². The van der Waals surface area contributed by atoms with Crippen LogP contribution in [-0.2, 0) is 10.0 Å². The van der Waals surface area contributed by atoms with Crippen molar-refractivity contribution in [2.75, 3.05) is 19.7 Å². The molecule has 2 aromatic rings. The molecule has 0 saturated carbocycles. The minimum atomic E-state index is -3.67. The van der Waals surface area contributed by atoms with Crippen LogP contribution in [0.5, 0.6) is 0 Å². The van der Waals surface area contributed by atoms with Crippen LogP contribution in [0.1, 0.15) is 11.1 Å². The first-order valence-electron chi connectivity index (χ1n) is 7.36. The summed E-state index contributed by atoms with van der Waals surface area (Å²) in [6, 6.07) is 16.1. The first-order valence-corrected chi connectivity index (χ1v) is 8.80. The fourth-order valence-corrected chi connectivity index (χ4v) is 3.66. The predicted molar refractivity (Wildman–Crippen MR) is 92.5 cm³/mol. The molecule has 0 atom stereocenters. The Hall–Kier alpha value is -1.95. The maximum atomic E-state index is 12.8. The molecule has 122 valence electrons. The summed E-state index contributed by atoms with van der Waals surface area (Å²) >= 11 is 0. The minimum absolute atomic E-state index is 0.0298. The van der Waals surface area contributed by atoms with Gasteiger partial charge in [0.05, 0.1) is 11.5 Å². The molecule has 1 N–H and O–H groups in total. The fraction of sp³-hybridized carbons (Fsp3) is 0.222. The number of aryl methyl sites for hydroxylation is 1. The molecule has 0 unspecified atom stereocenters. The molecule has 23 heavy (non-hydrogen) atoms. The average Bonchev–Trinajstić information content (AvgIpc) is 2.55. The largest absolute Gasteiger partial charge is 0.395 e. The van der Waals surface area contributed by atoms with Crippen molar-refractivity contribution in [1.82, 2.24) is 4.31 Å². The zero-order valence-electron chi connectivity index (χ0n) is 13.1. The summed E-state index contributed by atoms with van der Waals surface area (Å²) in [5.74, 6) is 0. The van der Waals surface area contributed by atoms with Crippen molar-refractivity contribution in [3.05, 3.63) is 72.3 Å². The Kier molecular flexibility index (Phi) is 5.71. The summed E-state index contributed by atoms with van der Waals surface area (Å²) in [6.45, 7) is 5.81. The van der Waals surface area contributed by atoms with Gasteiger partial charge in [-0.15, -0.1) is 0 Å². The summed E-state index contributed by atoms with van der Waals surface area (Å²) in [7, 11) is -3.67. The van der Waals surface area contributed by atoms with Crippen molar-refractivity contribution in [3.8, 4) is 0 Å². The van der Waals surface area contributed by atoms with Gasteiger partial charge in [-0.2, -0.15) is 4.31 Å². The van der Waals surface area contributed by atoms with Crippen LogP contribution in [0.15, 0.2) is 66.1 Å². The molecule has 0 heterocycles. The molecule has 0 aliphatic rings. The highest BCUT2D eigenvalue weighted by molar-refractivity contribution is 7.89. The lowest BCUT2D eigenvalue weighted by Crippen LogP contribution is -2.34. The van der Waals surface area contributed by atoms with Gasteiger partial charge in [0.25, 0.3) is 0 Å². The maximum Gasteiger partial charge on any atom is 0.243 e. The van der Waals surface area contributed by atoms with Crippen molar-refractivity contribution >= 4 is 15.6 Å². The highest BCUT2D eigenvalue weighted by atomic mass is 32.2. The Morgan fingerprint density at radius 1 is 1.09 bits per heavy atom. The summed E-state index contributed by atoms with van der Waals surface area (Å²) < 4.78 is 26.8. The van der Waals surface area contributed by atoms with E-state index in [1.165, 1.54) is 4.31 Å². The summed E-state index contributed by atoms with van der Waals surface area (Å²) in [5.41, 5.74) is 2.57. The van der Waals surface area contributed by atoms with Gasteiger partial charge in [0.15, 0.2) is 0 Å². The van der Waals surface area contributed by atoms with E-state index in [2.05, 4.69) is 6.58 Å². The smallest absolute Gasteiger partial charge is 0.243 e. The van der Waals surface area contributed by atoms with Gasteiger partial charge in [-0.3, -0.25) is 0 Å². The second-order valence-corrected chi connectivity index (χ2v) is 7.28. The van der Waals surface area contributed by atoms with Gasteiger partial charge in [0, 0.05) is 13.1 Å². The molecule has 0 fully saturated rings. The standard InChI is InChI=1S/C18H21NO3S/c1-15-8-10-18(11-9-15)23(21,22)19(12-13-20)14-16(2)17-6-4-3-5-7-17/h3-11,20H,2,12-14H2,1H3. The number of nitrogens with zero attached hydrogens (tertiary/aromatic N) is 1. The fourth-order valence-electron chi connectivity index (χ4n) is 2.23. The molecule has 0 bridgehead atoms. The van der Waals surface area contributed by atoms with Crippen molar-refractivity contribution in [1.29, 1.82) is 0 Å². The van der Waals surface area contributed by atoms with Crippen molar-refractivity contribution in [3.63, 3.8) is 0 Å². The number of hydrogen-bond acceptors (Lipinski definition) is 3. The van der Waals surface area contributed by atoms with Crippen LogP contribution in [0.2, 0.25) is 0 Å². The van der Waals surface area contributed by atoms with Gasteiger partial charge < -0.3 is 5.11 Å². The predicted octanol–water partition coefficient (Wildman–Crippen LogP) is 2.69. The molecule has 5 heteroatoms. The van der Waals surface area contributed by atoms with Gasteiger partial charge in [-0.25, -0.2) is 8.42 Å². The Balaban J connectivity index is 2.27. The third kappa shape index (κ3) is 4.28. The van der Waals surface area contributed by atoms with E-state index in [4.69, 9.17) is 0 Å². The number of rotatable bonds is 7.